The molecule has 1 N–H and O–H groups in total. The van der Waals surface area contributed by atoms with Crippen molar-refractivity contribution in [3.63, 3.8) is 0 Å². The van der Waals surface area contributed by atoms with Crippen LogP contribution in [0.3, 0.4) is 0 Å². The standard InChI is InChI=1S/C10H9NO.C2H4O2.C2H6/c1-7(12)9-6-11-10-5-3-2-4-8(9)10;1-4-2-3;1-2/h2-6,11H,1H3;2H,1H3;1-2H3. The molecule has 4 nitrogen and oxygen atoms in total. The third-order valence-corrected chi connectivity index (χ3v) is 2.06. The number of carbonyl (C=O) groups excluding carboxylic acids is 2. The maximum Gasteiger partial charge on any atom is 0.292 e. The molecule has 0 spiro atoms. The molecule has 4 heteroatoms. The minimum absolute atomic E-state index is 0.104. The number of methoxy groups -OCH3 is 1. The monoisotopic (exact) mass is 249 g/mol. The highest BCUT2D eigenvalue weighted by Crippen LogP contribution is 2.17. The van der Waals surface area contributed by atoms with Crippen LogP contribution < -0.4 is 0 Å². The molecule has 2 rings (SSSR count). The number of Topliss-reactive ketones (excluding diaryl/α,β-unsaturated/α-hetero) is 1. The molecule has 1 aromatic carbocycles. The lowest BCUT2D eigenvalue weighted by atomic mass is 10.1. The minimum Gasteiger partial charge on any atom is -0.471 e. The number of fused-ring (bicyclic) bond motifs is 1. The molecule has 0 amide bonds. The van der Waals surface area contributed by atoms with Crippen molar-refractivity contribution < 1.29 is 14.3 Å². The number of ether oxygens (including phenoxy) is 1. The summed E-state index contributed by atoms with van der Waals surface area (Å²) in [4.78, 5) is 23.1. The number of ketones is 1. The Morgan fingerprint density at radius 2 is 1.83 bits per heavy atom. The Bertz CT molecular complexity index is 488. The Balaban J connectivity index is 0.000000415. The van der Waals surface area contributed by atoms with Gasteiger partial charge in [-0.3, -0.25) is 9.59 Å². The molecule has 0 unspecified atom stereocenters. The smallest absolute Gasteiger partial charge is 0.292 e. The highest BCUT2D eigenvalue weighted by Gasteiger charge is 2.05. The number of benzene rings is 1. The predicted octanol–water partition coefficient (Wildman–Crippen LogP) is 3.19. The van der Waals surface area contributed by atoms with E-state index in [2.05, 4.69) is 9.72 Å². The maximum atomic E-state index is 11.1. The van der Waals surface area contributed by atoms with E-state index in [9.17, 15) is 4.79 Å². The van der Waals surface area contributed by atoms with Gasteiger partial charge in [0.2, 0.25) is 0 Å². The largest absolute Gasteiger partial charge is 0.471 e. The molecule has 2 aromatic rings. The summed E-state index contributed by atoms with van der Waals surface area (Å²) in [7, 11) is 1.31. The highest BCUT2D eigenvalue weighted by atomic mass is 16.5. The first-order valence-electron chi connectivity index (χ1n) is 5.74. The molecule has 0 aliphatic heterocycles. The average Bonchev–Trinajstić information content (AvgIpc) is 2.85. The summed E-state index contributed by atoms with van der Waals surface area (Å²) >= 11 is 0. The van der Waals surface area contributed by atoms with E-state index in [1.807, 2.05) is 38.1 Å². The van der Waals surface area contributed by atoms with Crippen LogP contribution in [-0.2, 0) is 9.53 Å². The lowest BCUT2D eigenvalue weighted by molar-refractivity contribution is -0.126. The summed E-state index contributed by atoms with van der Waals surface area (Å²) < 4.78 is 3.86. The van der Waals surface area contributed by atoms with Crippen LogP contribution in [-0.4, -0.2) is 24.3 Å². The van der Waals surface area contributed by atoms with Crippen molar-refractivity contribution >= 4 is 23.2 Å². The van der Waals surface area contributed by atoms with Crippen molar-refractivity contribution in [2.75, 3.05) is 7.11 Å². The molecule has 0 aliphatic rings. The minimum atomic E-state index is 0.104. The van der Waals surface area contributed by atoms with Crippen LogP contribution >= 0.6 is 0 Å². The fourth-order valence-electron chi connectivity index (χ4n) is 1.36. The molecular weight excluding hydrogens is 230 g/mol. The van der Waals surface area contributed by atoms with Crippen LogP contribution in [0.25, 0.3) is 10.9 Å². The van der Waals surface area contributed by atoms with Gasteiger partial charge in [0.1, 0.15) is 0 Å². The summed E-state index contributed by atoms with van der Waals surface area (Å²) in [5, 5.41) is 1.00. The van der Waals surface area contributed by atoms with E-state index in [0.717, 1.165) is 16.5 Å². The van der Waals surface area contributed by atoms with Gasteiger partial charge < -0.3 is 9.72 Å². The molecule has 0 atom stereocenters. The lowest BCUT2D eigenvalue weighted by Crippen LogP contribution is -1.87. The molecule has 0 saturated carbocycles. The van der Waals surface area contributed by atoms with Gasteiger partial charge in [0, 0.05) is 22.7 Å². The normalized spacial score (nSPS) is 8.44. The van der Waals surface area contributed by atoms with Crippen LogP contribution in [0, 0.1) is 0 Å². The van der Waals surface area contributed by atoms with Crippen molar-refractivity contribution in [2.45, 2.75) is 20.8 Å². The van der Waals surface area contributed by atoms with Crippen molar-refractivity contribution in [1.82, 2.24) is 4.98 Å². The van der Waals surface area contributed by atoms with Gasteiger partial charge in [0.25, 0.3) is 6.47 Å². The van der Waals surface area contributed by atoms with Crippen LogP contribution in [0.1, 0.15) is 31.1 Å². The maximum absolute atomic E-state index is 11.1. The van der Waals surface area contributed by atoms with E-state index < -0.39 is 0 Å². The lowest BCUT2D eigenvalue weighted by Gasteiger charge is -1.90. The van der Waals surface area contributed by atoms with Crippen LogP contribution in [0.2, 0.25) is 0 Å². The zero-order valence-electron chi connectivity index (χ0n) is 11.2. The molecule has 1 heterocycles. The van der Waals surface area contributed by atoms with Gasteiger partial charge in [-0.2, -0.15) is 0 Å². The SMILES string of the molecule is CC.CC(=O)c1c[nH]c2ccccc12.COC=O. The Kier molecular flexibility index (Phi) is 7.94. The van der Waals surface area contributed by atoms with Gasteiger partial charge in [-0.15, -0.1) is 0 Å². The van der Waals surface area contributed by atoms with Crippen molar-refractivity contribution in [1.29, 1.82) is 0 Å². The van der Waals surface area contributed by atoms with Crippen molar-refractivity contribution in [3.05, 3.63) is 36.0 Å². The van der Waals surface area contributed by atoms with Gasteiger partial charge in [0.15, 0.2) is 5.78 Å². The summed E-state index contributed by atoms with van der Waals surface area (Å²) in [5.41, 5.74) is 1.79. The van der Waals surface area contributed by atoms with Crippen molar-refractivity contribution in [3.8, 4) is 0 Å². The Labute approximate surface area is 107 Å². The average molecular weight is 249 g/mol. The molecule has 0 radical (unpaired) electrons. The quantitative estimate of drug-likeness (QED) is 0.656. The second kappa shape index (κ2) is 8.98. The van der Waals surface area contributed by atoms with Crippen LogP contribution in [0.5, 0.6) is 0 Å². The first-order valence-corrected chi connectivity index (χ1v) is 5.74. The summed E-state index contributed by atoms with van der Waals surface area (Å²) in [6.45, 7) is 5.95. The third kappa shape index (κ3) is 4.41. The second-order valence-corrected chi connectivity index (χ2v) is 3.14. The number of rotatable bonds is 2. The highest BCUT2D eigenvalue weighted by molar-refractivity contribution is 6.06. The zero-order chi connectivity index (χ0) is 14.0. The van der Waals surface area contributed by atoms with E-state index in [1.165, 1.54) is 7.11 Å². The van der Waals surface area contributed by atoms with E-state index in [4.69, 9.17) is 4.79 Å². The Morgan fingerprint density at radius 1 is 1.28 bits per heavy atom. The van der Waals surface area contributed by atoms with E-state index in [-0.39, 0.29) is 5.78 Å². The number of aromatic amines is 1. The van der Waals surface area contributed by atoms with Gasteiger partial charge >= 0.3 is 0 Å². The molecule has 18 heavy (non-hydrogen) atoms. The number of hydrogen-bond acceptors (Lipinski definition) is 3. The summed E-state index contributed by atoms with van der Waals surface area (Å²) in [6, 6.07) is 7.79. The third-order valence-electron chi connectivity index (χ3n) is 2.06. The molecule has 0 fully saturated rings. The van der Waals surface area contributed by atoms with Gasteiger partial charge in [-0.25, -0.2) is 0 Å². The number of carbonyl (C=O) groups is 2. The zero-order valence-corrected chi connectivity index (χ0v) is 11.2. The van der Waals surface area contributed by atoms with E-state index >= 15 is 0 Å². The Morgan fingerprint density at radius 3 is 2.33 bits per heavy atom. The topological polar surface area (TPSA) is 59.2 Å². The summed E-state index contributed by atoms with van der Waals surface area (Å²) in [5.74, 6) is 0.104. The van der Waals surface area contributed by atoms with Gasteiger partial charge in [-0.1, -0.05) is 32.0 Å². The van der Waals surface area contributed by atoms with E-state index in [0.29, 0.717) is 6.47 Å². The van der Waals surface area contributed by atoms with Crippen LogP contribution in [0.4, 0.5) is 0 Å². The van der Waals surface area contributed by atoms with Gasteiger partial charge in [-0.05, 0) is 13.0 Å². The molecule has 0 bridgehead atoms. The van der Waals surface area contributed by atoms with E-state index in [1.54, 1.807) is 13.1 Å². The molecular formula is C14H19NO3. The van der Waals surface area contributed by atoms with Crippen LogP contribution in [0.15, 0.2) is 30.5 Å². The number of nitrogens with one attached hydrogen (secondary N) is 1. The Hall–Kier alpha value is -2.10. The molecule has 0 aliphatic carbocycles. The predicted molar refractivity (Wildman–Crippen MR) is 72.7 cm³/mol. The fourth-order valence-corrected chi connectivity index (χ4v) is 1.36. The first-order chi connectivity index (χ1) is 8.70. The number of para-hydroxylation sites is 1. The first kappa shape index (κ1) is 15.9. The molecule has 98 valence electrons. The van der Waals surface area contributed by atoms with Crippen molar-refractivity contribution in [2.24, 2.45) is 0 Å². The summed E-state index contributed by atoms with van der Waals surface area (Å²) in [6.07, 6.45) is 1.76. The molecule has 0 saturated heterocycles. The number of hydrogen-bond donors (Lipinski definition) is 1. The second-order valence-electron chi connectivity index (χ2n) is 3.14. The number of aromatic nitrogens is 1. The van der Waals surface area contributed by atoms with Gasteiger partial charge in [0.05, 0.1) is 7.11 Å². The fraction of sp³-hybridized carbons (Fsp3) is 0.286. The number of H-pyrrole nitrogens is 1. The molecule has 1 aromatic heterocycles.